The Balaban J connectivity index is 0.000000427. The molecule has 5 aromatic rings. The summed E-state index contributed by atoms with van der Waals surface area (Å²) in [6.07, 6.45) is 18.3. The fraction of sp³-hybridized carbons (Fsp3) is 0.362. The Morgan fingerprint density at radius 1 is 0.660 bits per heavy atom. The molecule has 1 aliphatic carbocycles. The Hall–Kier alpha value is -2.44. The molecule has 0 spiro atoms. The summed E-state index contributed by atoms with van der Waals surface area (Å²) in [7, 11) is 0. The Morgan fingerprint density at radius 2 is 1.08 bits per heavy atom. The standard InChI is InChI=1S/C33H33.C9H18.C5H5.2ClH.Zr/c1-32(2,3)30-20-26-24(18-28(30)22-13-9-7-10-14-22)17-25-19-29(23-15-11-8-12-16-23)31(21-27(25)26)33(4,5)6;1-3-5-7-9-8-6-4-2;1-2-4-5-3-1;;;/h7-21H,1-6H3;3-8H2,1-2H3;1-3H,4H2;2*1H;/q-1;;-1;;;+2/p-2. The van der Waals surface area contributed by atoms with Crippen molar-refractivity contribution in [3.63, 3.8) is 0 Å². The quantitative estimate of drug-likeness (QED) is 0.140. The molecule has 0 N–H and O–H groups in total. The van der Waals surface area contributed by atoms with Crippen molar-refractivity contribution in [2.45, 2.75) is 111 Å². The SMILES string of the molecule is CC(C)(C)c1cc2c(cc1-c1ccccc1)[cH-]c1cc(-c3ccccc3)c(C(C)(C)C)cc12.CCCC[C](=[Zr+2])CCCC.[C-]1=CC=CC1.[Cl-].[Cl-]. The van der Waals surface area contributed by atoms with Crippen LogP contribution in [0.25, 0.3) is 43.8 Å². The third kappa shape index (κ3) is 12.1. The van der Waals surface area contributed by atoms with Crippen molar-refractivity contribution in [3.8, 4) is 22.3 Å². The van der Waals surface area contributed by atoms with Crippen molar-refractivity contribution in [1.82, 2.24) is 0 Å². The molecule has 0 aliphatic heterocycles. The summed E-state index contributed by atoms with van der Waals surface area (Å²) in [5.41, 5.74) is 8.16. The van der Waals surface area contributed by atoms with Crippen LogP contribution in [0.4, 0.5) is 0 Å². The summed E-state index contributed by atoms with van der Waals surface area (Å²) in [6, 6.07) is 33.7. The second-order valence-corrected chi connectivity index (χ2v) is 16.9. The first-order chi connectivity index (χ1) is 22.9. The Kier molecular flexibility index (Phi) is 18.0. The minimum atomic E-state index is 0. The molecule has 1 aliphatic rings. The van der Waals surface area contributed by atoms with Crippen LogP contribution in [0, 0.1) is 6.08 Å². The van der Waals surface area contributed by atoms with E-state index in [1.807, 2.05) is 12.2 Å². The first-order valence-electron chi connectivity index (χ1n) is 18.0. The molecule has 0 fully saturated rings. The van der Waals surface area contributed by atoms with Gasteiger partial charge >= 0.3 is 79.8 Å². The van der Waals surface area contributed by atoms with Crippen LogP contribution in [-0.2, 0) is 35.1 Å². The normalized spacial score (nSPS) is 12.0. The summed E-state index contributed by atoms with van der Waals surface area (Å²) < 4.78 is 1.79. The van der Waals surface area contributed by atoms with Gasteiger partial charge in [0.2, 0.25) is 0 Å². The van der Waals surface area contributed by atoms with Crippen LogP contribution >= 0.6 is 0 Å². The van der Waals surface area contributed by atoms with E-state index in [9.17, 15) is 0 Å². The van der Waals surface area contributed by atoms with Gasteiger partial charge < -0.3 is 24.8 Å². The maximum atomic E-state index is 2.99. The number of hydrogen-bond donors (Lipinski definition) is 0. The van der Waals surface area contributed by atoms with E-state index in [2.05, 4.69) is 159 Å². The molecule has 0 bridgehead atoms. The van der Waals surface area contributed by atoms with Crippen molar-refractivity contribution in [2.75, 3.05) is 0 Å². The van der Waals surface area contributed by atoms with Crippen LogP contribution in [0.15, 0.2) is 109 Å². The number of unbranched alkanes of at least 4 members (excludes halogenated alkanes) is 2. The average Bonchev–Trinajstić information content (AvgIpc) is 3.77. The van der Waals surface area contributed by atoms with Gasteiger partial charge in [-0.15, -0.1) is 46.2 Å². The molecule has 0 radical (unpaired) electrons. The van der Waals surface area contributed by atoms with Gasteiger partial charge in [-0.25, -0.2) is 12.2 Å². The van der Waals surface area contributed by atoms with Crippen LogP contribution in [0.3, 0.4) is 0 Å². The van der Waals surface area contributed by atoms with Crippen molar-refractivity contribution >= 4 is 24.8 Å². The van der Waals surface area contributed by atoms with Gasteiger partial charge in [-0.3, -0.25) is 6.08 Å². The molecule has 264 valence electrons. The number of halogens is 2. The van der Waals surface area contributed by atoms with E-state index in [1.54, 1.807) is 27.4 Å². The maximum Gasteiger partial charge on any atom is -0.109 e. The van der Waals surface area contributed by atoms with Crippen molar-refractivity contribution < 1.29 is 49.0 Å². The van der Waals surface area contributed by atoms with E-state index in [0.717, 1.165) is 6.42 Å². The van der Waals surface area contributed by atoms with Gasteiger partial charge in [0, 0.05) is 0 Å². The average molecular weight is 783 g/mol. The minimum absolute atomic E-state index is 0. The number of allylic oxidation sites excluding steroid dienone is 4. The zero-order valence-corrected chi connectivity index (χ0v) is 35.6. The molecule has 0 aromatic heterocycles. The smallest absolute Gasteiger partial charge is 0.109 e. The van der Waals surface area contributed by atoms with E-state index >= 15 is 0 Å². The van der Waals surface area contributed by atoms with Gasteiger partial charge in [-0.2, -0.15) is 6.08 Å². The summed E-state index contributed by atoms with van der Waals surface area (Å²) in [6.45, 7) is 18.4. The molecule has 0 saturated carbocycles. The van der Waals surface area contributed by atoms with Gasteiger partial charge in [0.15, 0.2) is 0 Å². The predicted octanol–water partition coefficient (Wildman–Crippen LogP) is 8.04. The molecule has 0 saturated heterocycles. The number of rotatable bonds is 8. The zero-order valence-electron chi connectivity index (χ0n) is 31.6. The fourth-order valence-electron chi connectivity index (χ4n) is 6.31. The second-order valence-electron chi connectivity index (χ2n) is 15.2. The first kappa shape index (κ1) is 43.7. The van der Waals surface area contributed by atoms with E-state index in [0.29, 0.717) is 0 Å². The number of benzene rings is 4. The molecule has 5 aromatic carbocycles. The van der Waals surface area contributed by atoms with Crippen molar-refractivity contribution in [1.29, 1.82) is 0 Å². The summed E-state index contributed by atoms with van der Waals surface area (Å²) in [5, 5.41) is 5.36. The fourth-order valence-corrected chi connectivity index (χ4v) is 7.17. The zero-order chi connectivity index (χ0) is 34.7. The van der Waals surface area contributed by atoms with E-state index in [4.69, 9.17) is 0 Å². The molecule has 0 heterocycles. The number of fused-ring (bicyclic) bond motifs is 3. The maximum absolute atomic E-state index is 2.99. The third-order valence-electron chi connectivity index (χ3n) is 9.02. The second kappa shape index (κ2) is 20.6. The topological polar surface area (TPSA) is 0 Å². The molecule has 6 rings (SSSR count). The molecular formula is C47H56Cl2Zr-2. The molecule has 0 amide bonds. The van der Waals surface area contributed by atoms with Gasteiger partial charge in [0.25, 0.3) is 0 Å². The minimum Gasteiger partial charge on any atom is -1.00 e. The monoisotopic (exact) mass is 780 g/mol. The van der Waals surface area contributed by atoms with Crippen molar-refractivity contribution in [2.24, 2.45) is 0 Å². The summed E-state index contributed by atoms with van der Waals surface area (Å²) in [5.74, 6) is 0. The Labute approximate surface area is 331 Å². The third-order valence-corrected chi connectivity index (χ3v) is 10.2. The largest absolute Gasteiger partial charge is 1.00 e. The van der Waals surface area contributed by atoms with Crippen LogP contribution < -0.4 is 24.8 Å². The summed E-state index contributed by atoms with van der Waals surface area (Å²) in [4.78, 5) is 0. The Bertz CT molecular complexity index is 1700. The van der Waals surface area contributed by atoms with Gasteiger partial charge in [-0.1, -0.05) is 114 Å². The summed E-state index contributed by atoms with van der Waals surface area (Å²) >= 11 is 1.67. The number of hydrogen-bond acceptors (Lipinski definition) is 0. The Morgan fingerprint density at radius 3 is 1.38 bits per heavy atom. The van der Waals surface area contributed by atoms with Crippen LogP contribution in [0.5, 0.6) is 0 Å². The molecule has 0 unspecified atom stereocenters. The van der Waals surface area contributed by atoms with E-state index < -0.39 is 0 Å². The predicted molar refractivity (Wildman–Crippen MR) is 211 cm³/mol. The van der Waals surface area contributed by atoms with Crippen LogP contribution in [-0.4, -0.2) is 3.21 Å². The van der Waals surface area contributed by atoms with Gasteiger partial charge in [-0.05, 0) is 44.2 Å². The molecule has 50 heavy (non-hydrogen) atoms. The first-order valence-corrected chi connectivity index (χ1v) is 19.3. The van der Waals surface area contributed by atoms with Gasteiger partial charge in [0.05, 0.1) is 0 Å². The molecular weight excluding hydrogens is 727 g/mol. The van der Waals surface area contributed by atoms with Crippen molar-refractivity contribution in [3.05, 3.63) is 126 Å². The van der Waals surface area contributed by atoms with E-state index in [-0.39, 0.29) is 35.6 Å². The molecule has 0 nitrogen and oxygen atoms in total. The molecule has 3 heteroatoms. The van der Waals surface area contributed by atoms with Crippen LogP contribution in [0.2, 0.25) is 0 Å². The van der Waals surface area contributed by atoms with Crippen LogP contribution in [0.1, 0.15) is 111 Å². The molecule has 0 atom stereocenters. The van der Waals surface area contributed by atoms with Gasteiger partial charge in [0.1, 0.15) is 0 Å². The van der Waals surface area contributed by atoms with E-state index in [1.165, 1.54) is 93.5 Å².